The number of methoxy groups -OCH3 is 1. The van der Waals surface area contributed by atoms with Gasteiger partial charge in [-0.3, -0.25) is 14.5 Å². The molecule has 0 bridgehead atoms. The molecule has 0 saturated carbocycles. The predicted octanol–water partition coefficient (Wildman–Crippen LogP) is 6.67. The third-order valence-electron chi connectivity index (χ3n) is 6.39. The van der Waals surface area contributed by atoms with Gasteiger partial charge in [-0.05, 0) is 54.3 Å². The number of aliphatic hydroxyl groups is 1. The maximum atomic E-state index is 13.5. The van der Waals surface area contributed by atoms with Crippen LogP contribution in [0.4, 0.5) is 5.69 Å². The summed E-state index contributed by atoms with van der Waals surface area (Å²) in [6.07, 6.45) is 0. The summed E-state index contributed by atoms with van der Waals surface area (Å²) in [5.41, 5.74) is 2.39. The molecular weight excluding hydrogens is 490 g/mol. The van der Waals surface area contributed by atoms with Crippen molar-refractivity contribution < 1.29 is 24.2 Å². The number of rotatable bonds is 6. The van der Waals surface area contributed by atoms with Crippen LogP contribution in [0, 0.1) is 0 Å². The van der Waals surface area contributed by atoms with E-state index in [1.54, 1.807) is 42.5 Å². The number of carbonyl (C=O) groups is 2. The van der Waals surface area contributed by atoms with E-state index in [1.165, 1.54) is 12.0 Å². The van der Waals surface area contributed by atoms with E-state index in [0.717, 1.165) is 5.56 Å². The van der Waals surface area contributed by atoms with Crippen LogP contribution in [0.25, 0.3) is 5.76 Å². The van der Waals surface area contributed by atoms with Gasteiger partial charge in [0.2, 0.25) is 0 Å². The lowest BCUT2D eigenvalue weighted by atomic mass is 9.87. The van der Waals surface area contributed by atoms with Crippen LogP contribution in [-0.2, 0) is 15.0 Å². The third kappa shape index (κ3) is 4.94. The average Bonchev–Trinajstić information content (AvgIpc) is 3.14. The highest BCUT2D eigenvalue weighted by molar-refractivity contribution is 6.51. The number of Topliss-reactive ketones (excluding diaryl/α,β-unsaturated/α-hetero) is 1. The first-order chi connectivity index (χ1) is 17.6. The van der Waals surface area contributed by atoms with E-state index < -0.39 is 17.7 Å². The molecule has 1 fully saturated rings. The van der Waals surface area contributed by atoms with Gasteiger partial charge in [-0.15, -0.1) is 0 Å². The molecule has 0 aliphatic carbocycles. The molecule has 1 heterocycles. The van der Waals surface area contributed by atoms with Gasteiger partial charge in [0.1, 0.15) is 17.3 Å². The minimum Gasteiger partial charge on any atom is -0.507 e. The van der Waals surface area contributed by atoms with Gasteiger partial charge >= 0.3 is 0 Å². The van der Waals surface area contributed by atoms with Gasteiger partial charge in [0.15, 0.2) is 0 Å². The van der Waals surface area contributed by atoms with E-state index in [2.05, 4.69) is 20.8 Å². The number of carbonyl (C=O) groups excluding carboxylic acids is 2. The first-order valence-electron chi connectivity index (χ1n) is 12.1. The number of ketones is 1. The minimum atomic E-state index is -0.914. The lowest BCUT2D eigenvalue weighted by molar-refractivity contribution is -0.132. The van der Waals surface area contributed by atoms with E-state index in [0.29, 0.717) is 39.9 Å². The fraction of sp³-hybridized carbons (Fsp3) is 0.267. The second-order valence-corrected chi connectivity index (χ2v) is 10.2. The van der Waals surface area contributed by atoms with E-state index in [9.17, 15) is 14.7 Å². The van der Waals surface area contributed by atoms with Crippen LogP contribution < -0.4 is 14.4 Å². The van der Waals surface area contributed by atoms with Crippen molar-refractivity contribution in [1.82, 2.24) is 0 Å². The lowest BCUT2D eigenvalue weighted by Gasteiger charge is -2.27. The molecule has 1 atom stereocenters. The van der Waals surface area contributed by atoms with Crippen molar-refractivity contribution in [2.75, 3.05) is 18.6 Å². The first kappa shape index (κ1) is 26.3. The molecule has 6 nitrogen and oxygen atoms in total. The second-order valence-electron chi connectivity index (χ2n) is 9.79. The van der Waals surface area contributed by atoms with Crippen molar-refractivity contribution >= 4 is 34.7 Å². The van der Waals surface area contributed by atoms with Crippen LogP contribution in [0.2, 0.25) is 5.02 Å². The minimum absolute atomic E-state index is 0.0424. The number of halogens is 1. The van der Waals surface area contributed by atoms with Crippen LogP contribution in [0.15, 0.2) is 72.3 Å². The normalized spacial score (nSPS) is 17.2. The van der Waals surface area contributed by atoms with Gasteiger partial charge in [0.25, 0.3) is 11.7 Å². The zero-order chi connectivity index (χ0) is 26.9. The van der Waals surface area contributed by atoms with E-state index >= 15 is 0 Å². The largest absolute Gasteiger partial charge is 0.507 e. The number of hydrogen-bond donors (Lipinski definition) is 1. The predicted molar refractivity (Wildman–Crippen MR) is 146 cm³/mol. The maximum Gasteiger partial charge on any atom is 0.300 e. The average molecular weight is 520 g/mol. The molecule has 3 aromatic carbocycles. The molecule has 192 valence electrons. The van der Waals surface area contributed by atoms with Crippen LogP contribution in [0.1, 0.15) is 50.4 Å². The molecule has 1 aliphatic heterocycles. The fourth-order valence-electron chi connectivity index (χ4n) is 4.48. The number of ether oxygens (including phenoxy) is 2. The highest BCUT2D eigenvalue weighted by Gasteiger charge is 2.48. The van der Waals surface area contributed by atoms with Crippen molar-refractivity contribution in [3.05, 3.63) is 94.0 Å². The Bertz CT molecular complexity index is 1370. The van der Waals surface area contributed by atoms with Gasteiger partial charge in [0.05, 0.1) is 30.4 Å². The molecular formula is C30H30ClNO5. The van der Waals surface area contributed by atoms with E-state index in [1.807, 2.05) is 31.2 Å². The SMILES string of the molecule is CCOc1cc(/C(O)=C2\C(=O)C(=O)N(c3ccc(C(C)(C)C)cc3)C2c2ccccc2OC)ccc1Cl. The summed E-state index contributed by atoms with van der Waals surface area (Å²) < 4.78 is 11.2. The monoisotopic (exact) mass is 519 g/mol. The molecule has 1 N–H and O–H groups in total. The number of nitrogens with zero attached hydrogens (tertiary/aromatic N) is 1. The van der Waals surface area contributed by atoms with Crippen molar-refractivity contribution in [2.24, 2.45) is 0 Å². The summed E-state index contributed by atoms with van der Waals surface area (Å²) in [6, 6.07) is 18.5. The van der Waals surface area contributed by atoms with Crippen LogP contribution in [-0.4, -0.2) is 30.5 Å². The summed E-state index contributed by atoms with van der Waals surface area (Å²) in [7, 11) is 1.52. The lowest BCUT2D eigenvalue weighted by Crippen LogP contribution is -2.29. The Balaban J connectivity index is 1.94. The Morgan fingerprint density at radius 3 is 2.30 bits per heavy atom. The molecule has 1 aliphatic rings. The topological polar surface area (TPSA) is 76.1 Å². The molecule has 0 spiro atoms. The Kier molecular flexibility index (Phi) is 7.32. The molecule has 0 aromatic heterocycles. The molecule has 37 heavy (non-hydrogen) atoms. The van der Waals surface area contributed by atoms with E-state index in [4.69, 9.17) is 21.1 Å². The van der Waals surface area contributed by atoms with Gasteiger partial charge in [-0.25, -0.2) is 0 Å². The highest BCUT2D eigenvalue weighted by atomic mass is 35.5. The quantitative estimate of drug-likeness (QED) is 0.223. The zero-order valence-corrected chi connectivity index (χ0v) is 22.3. The summed E-state index contributed by atoms with van der Waals surface area (Å²) in [5.74, 6) is -0.987. The second kappa shape index (κ2) is 10.3. The standard InChI is InChI=1S/C30H30ClNO5/c1-6-37-24-17-18(11-16-22(24)31)27(33)25-26(21-9-7-8-10-23(21)36-5)32(29(35)28(25)34)20-14-12-19(13-15-20)30(2,3)4/h7-17,26,33H,6H2,1-5H3/b27-25+. The Labute approximate surface area is 222 Å². The zero-order valence-electron chi connectivity index (χ0n) is 21.5. The van der Waals surface area contributed by atoms with Crippen molar-refractivity contribution in [1.29, 1.82) is 0 Å². The number of aliphatic hydroxyl groups excluding tert-OH is 1. The number of amides is 1. The first-order valence-corrected chi connectivity index (χ1v) is 12.4. The van der Waals surface area contributed by atoms with E-state index in [-0.39, 0.29) is 16.7 Å². The molecule has 4 rings (SSSR count). The Morgan fingerprint density at radius 1 is 1.00 bits per heavy atom. The molecule has 0 radical (unpaired) electrons. The van der Waals surface area contributed by atoms with Gasteiger partial charge in [0, 0.05) is 16.8 Å². The Morgan fingerprint density at radius 2 is 1.68 bits per heavy atom. The molecule has 1 unspecified atom stereocenters. The highest BCUT2D eigenvalue weighted by Crippen LogP contribution is 2.45. The third-order valence-corrected chi connectivity index (χ3v) is 6.71. The van der Waals surface area contributed by atoms with Gasteiger partial charge < -0.3 is 14.6 Å². The van der Waals surface area contributed by atoms with Crippen molar-refractivity contribution in [2.45, 2.75) is 39.2 Å². The molecule has 1 saturated heterocycles. The molecule has 7 heteroatoms. The molecule has 3 aromatic rings. The van der Waals surface area contributed by atoms with Gasteiger partial charge in [-0.1, -0.05) is 62.7 Å². The van der Waals surface area contributed by atoms with Crippen molar-refractivity contribution in [3.8, 4) is 11.5 Å². The maximum absolute atomic E-state index is 13.5. The van der Waals surface area contributed by atoms with Crippen LogP contribution in [0.5, 0.6) is 11.5 Å². The van der Waals surface area contributed by atoms with Crippen LogP contribution in [0.3, 0.4) is 0 Å². The Hall–Kier alpha value is -3.77. The fourth-order valence-corrected chi connectivity index (χ4v) is 4.65. The molecule has 1 amide bonds. The smallest absolute Gasteiger partial charge is 0.300 e. The number of benzene rings is 3. The number of anilines is 1. The van der Waals surface area contributed by atoms with Crippen LogP contribution >= 0.6 is 11.6 Å². The van der Waals surface area contributed by atoms with Crippen molar-refractivity contribution in [3.63, 3.8) is 0 Å². The summed E-state index contributed by atoms with van der Waals surface area (Å²) >= 11 is 6.23. The summed E-state index contributed by atoms with van der Waals surface area (Å²) in [6.45, 7) is 8.50. The number of hydrogen-bond acceptors (Lipinski definition) is 5. The summed E-state index contributed by atoms with van der Waals surface area (Å²) in [5, 5.41) is 11.8. The number of para-hydroxylation sites is 1. The van der Waals surface area contributed by atoms with Gasteiger partial charge in [-0.2, -0.15) is 0 Å². The summed E-state index contributed by atoms with van der Waals surface area (Å²) in [4.78, 5) is 28.4.